The molecule has 0 saturated carbocycles. The number of nitrogens with zero attached hydrogens (tertiary/aromatic N) is 1. The quantitative estimate of drug-likeness (QED) is 0.921. The number of anilines is 1. The van der Waals surface area contributed by atoms with Gasteiger partial charge in [0.15, 0.2) is 0 Å². The van der Waals surface area contributed by atoms with E-state index in [-0.39, 0.29) is 0 Å². The number of aryl methyl sites for hydroxylation is 2. The molecule has 0 aliphatic rings. The first-order valence-electron chi connectivity index (χ1n) is 5.06. The molecule has 0 aliphatic carbocycles. The lowest BCUT2D eigenvalue weighted by Gasteiger charge is -2.06. The van der Waals surface area contributed by atoms with Gasteiger partial charge in [0.25, 0.3) is 0 Å². The van der Waals surface area contributed by atoms with E-state index in [1.54, 1.807) is 11.3 Å². The third-order valence-electron chi connectivity index (χ3n) is 2.28. The molecular weight excluding hydrogens is 284 g/mol. The van der Waals surface area contributed by atoms with E-state index in [0.717, 1.165) is 27.4 Å². The van der Waals surface area contributed by atoms with Gasteiger partial charge in [-0.2, -0.15) is 0 Å². The minimum atomic E-state index is 0.786. The minimum Gasteiger partial charge on any atom is -0.378 e. The van der Waals surface area contributed by atoms with Crippen LogP contribution in [0, 0.1) is 13.8 Å². The van der Waals surface area contributed by atoms with Crippen LogP contribution < -0.4 is 5.32 Å². The molecule has 16 heavy (non-hydrogen) atoms. The smallest absolute Gasteiger partial charge is 0.112 e. The topological polar surface area (TPSA) is 24.9 Å². The van der Waals surface area contributed by atoms with Gasteiger partial charge < -0.3 is 5.32 Å². The summed E-state index contributed by atoms with van der Waals surface area (Å²) in [7, 11) is 0. The zero-order valence-corrected chi connectivity index (χ0v) is 11.7. The van der Waals surface area contributed by atoms with Crippen molar-refractivity contribution >= 4 is 33.0 Å². The van der Waals surface area contributed by atoms with Gasteiger partial charge in [-0.3, -0.25) is 0 Å². The van der Waals surface area contributed by atoms with Crippen molar-refractivity contribution in [3.8, 4) is 0 Å². The SMILES string of the molecule is Cc1csc(CNc2ccc(C)c(Br)c2)n1. The normalized spacial score (nSPS) is 10.4. The molecule has 0 radical (unpaired) electrons. The van der Waals surface area contributed by atoms with Gasteiger partial charge in [0.05, 0.1) is 6.54 Å². The lowest BCUT2D eigenvalue weighted by Crippen LogP contribution is -1.99. The summed E-state index contributed by atoms with van der Waals surface area (Å²) in [5, 5.41) is 6.55. The number of aromatic nitrogens is 1. The van der Waals surface area contributed by atoms with Crippen molar-refractivity contribution in [2.75, 3.05) is 5.32 Å². The molecule has 1 aromatic carbocycles. The molecule has 1 N–H and O–H groups in total. The van der Waals surface area contributed by atoms with E-state index in [4.69, 9.17) is 0 Å². The molecule has 1 heterocycles. The highest BCUT2D eigenvalue weighted by Crippen LogP contribution is 2.21. The van der Waals surface area contributed by atoms with Crippen LogP contribution in [0.4, 0.5) is 5.69 Å². The molecule has 0 saturated heterocycles. The van der Waals surface area contributed by atoms with Gasteiger partial charge in [0, 0.05) is 21.2 Å². The first kappa shape index (κ1) is 11.6. The monoisotopic (exact) mass is 296 g/mol. The molecular formula is C12H13BrN2S. The first-order chi connectivity index (χ1) is 7.65. The lowest BCUT2D eigenvalue weighted by atomic mass is 10.2. The van der Waals surface area contributed by atoms with Crippen molar-refractivity contribution in [2.45, 2.75) is 20.4 Å². The van der Waals surface area contributed by atoms with E-state index in [9.17, 15) is 0 Å². The van der Waals surface area contributed by atoms with Crippen molar-refractivity contribution in [1.82, 2.24) is 4.98 Å². The third kappa shape index (κ3) is 2.83. The Morgan fingerprint density at radius 2 is 2.19 bits per heavy atom. The van der Waals surface area contributed by atoms with Gasteiger partial charge in [0.1, 0.15) is 5.01 Å². The second kappa shape index (κ2) is 4.97. The Balaban J connectivity index is 2.02. The molecule has 1 aromatic heterocycles. The number of rotatable bonds is 3. The third-order valence-corrected chi connectivity index (χ3v) is 4.10. The maximum absolute atomic E-state index is 4.41. The number of thiazole rings is 1. The van der Waals surface area contributed by atoms with Crippen LogP contribution in [0.3, 0.4) is 0 Å². The van der Waals surface area contributed by atoms with E-state index < -0.39 is 0 Å². The highest BCUT2D eigenvalue weighted by atomic mass is 79.9. The fraction of sp³-hybridized carbons (Fsp3) is 0.250. The number of nitrogens with one attached hydrogen (secondary N) is 1. The van der Waals surface area contributed by atoms with Crippen LogP contribution in [0.1, 0.15) is 16.3 Å². The largest absolute Gasteiger partial charge is 0.378 e. The Kier molecular flexibility index (Phi) is 3.61. The fourth-order valence-electron chi connectivity index (χ4n) is 1.36. The lowest BCUT2D eigenvalue weighted by molar-refractivity contribution is 1.07. The molecule has 4 heteroatoms. The number of hydrogen-bond donors (Lipinski definition) is 1. The molecule has 2 rings (SSSR count). The highest BCUT2D eigenvalue weighted by Gasteiger charge is 2.00. The van der Waals surface area contributed by atoms with Crippen molar-refractivity contribution < 1.29 is 0 Å². The van der Waals surface area contributed by atoms with Gasteiger partial charge in [-0.15, -0.1) is 11.3 Å². The van der Waals surface area contributed by atoms with E-state index >= 15 is 0 Å². The standard InChI is InChI=1S/C12H13BrN2S/c1-8-3-4-10(5-11(8)13)14-6-12-15-9(2)7-16-12/h3-5,7,14H,6H2,1-2H3. The van der Waals surface area contributed by atoms with Gasteiger partial charge in [-0.05, 0) is 31.5 Å². The molecule has 84 valence electrons. The Labute approximate surface area is 108 Å². The van der Waals surface area contributed by atoms with E-state index in [1.807, 2.05) is 6.92 Å². The maximum atomic E-state index is 4.41. The molecule has 2 nitrogen and oxygen atoms in total. The minimum absolute atomic E-state index is 0.786. The van der Waals surface area contributed by atoms with Crippen molar-refractivity contribution in [3.05, 3.63) is 44.3 Å². The predicted molar refractivity (Wildman–Crippen MR) is 73.1 cm³/mol. The second-order valence-electron chi connectivity index (χ2n) is 3.70. The molecule has 0 fully saturated rings. The van der Waals surface area contributed by atoms with Gasteiger partial charge >= 0.3 is 0 Å². The molecule has 0 bridgehead atoms. The van der Waals surface area contributed by atoms with Crippen LogP contribution in [-0.4, -0.2) is 4.98 Å². The van der Waals surface area contributed by atoms with Crippen LogP contribution in [0.15, 0.2) is 28.1 Å². The zero-order valence-electron chi connectivity index (χ0n) is 9.25. The summed E-state index contributed by atoms with van der Waals surface area (Å²) in [6, 6.07) is 6.27. The molecule has 2 aromatic rings. The number of benzene rings is 1. The second-order valence-corrected chi connectivity index (χ2v) is 5.50. The number of hydrogen-bond acceptors (Lipinski definition) is 3. The zero-order chi connectivity index (χ0) is 11.5. The summed E-state index contributed by atoms with van der Waals surface area (Å²) in [6.45, 7) is 4.88. The van der Waals surface area contributed by atoms with Gasteiger partial charge in [-0.1, -0.05) is 22.0 Å². The van der Waals surface area contributed by atoms with Crippen LogP contribution >= 0.6 is 27.3 Å². The summed E-state index contributed by atoms with van der Waals surface area (Å²) in [6.07, 6.45) is 0. The fourth-order valence-corrected chi connectivity index (χ4v) is 2.45. The summed E-state index contributed by atoms with van der Waals surface area (Å²) in [5.41, 5.74) is 3.45. The highest BCUT2D eigenvalue weighted by molar-refractivity contribution is 9.10. The molecule has 0 unspecified atom stereocenters. The van der Waals surface area contributed by atoms with Gasteiger partial charge in [-0.25, -0.2) is 4.98 Å². The average Bonchev–Trinajstić information content (AvgIpc) is 2.66. The van der Waals surface area contributed by atoms with Crippen LogP contribution in [0.25, 0.3) is 0 Å². The molecule has 0 amide bonds. The molecule has 0 atom stereocenters. The maximum Gasteiger partial charge on any atom is 0.112 e. The first-order valence-corrected chi connectivity index (χ1v) is 6.73. The summed E-state index contributed by atoms with van der Waals surface area (Å²) in [5.74, 6) is 0. The summed E-state index contributed by atoms with van der Waals surface area (Å²) >= 11 is 5.21. The Hall–Kier alpha value is -0.870. The Morgan fingerprint density at radius 3 is 2.81 bits per heavy atom. The van der Waals surface area contributed by atoms with Crippen molar-refractivity contribution in [2.24, 2.45) is 0 Å². The van der Waals surface area contributed by atoms with Gasteiger partial charge in [0.2, 0.25) is 0 Å². The van der Waals surface area contributed by atoms with Crippen LogP contribution in [0.2, 0.25) is 0 Å². The van der Waals surface area contributed by atoms with Crippen LogP contribution in [-0.2, 0) is 6.54 Å². The molecule has 0 aliphatic heterocycles. The van der Waals surface area contributed by atoms with E-state index in [1.165, 1.54) is 5.56 Å². The van der Waals surface area contributed by atoms with E-state index in [2.05, 4.69) is 56.7 Å². The summed E-state index contributed by atoms with van der Waals surface area (Å²) < 4.78 is 1.13. The number of halogens is 1. The molecule has 0 spiro atoms. The summed E-state index contributed by atoms with van der Waals surface area (Å²) in [4.78, 5) is 4.41. The predicted octanol–water partition coefficient (Wildman–Crippen LogP) is 4.13. The van der Waals surface area contributed by atoms with Crippen LogP contribution in [0.5, 0.6) is 0 Å². The Morgan fingerprint density at radius 1 is 1.38 bits per heavy atom. The van der Waals surface area contributed by atoms with Crippen molar-refractivity contribution in [3.63, 3.8) is 0 Å². The Bertz CT molecular complexity index is 494. The average molecular weight is 297 g/mol. The van der Waals surface area contributed by atoms with Crippen molar-refractivity contribution in [1.29, 1.82) is 0 Å². The van der Waals surface area contributed by atoms with E-state index in [0.29, 0.717) is 0 Å².